The molecule has 1 aromatic heterocycles. The summed E-state index contributed by atoms with van der Waals surface area (Å²) in [5, 5.41) is 5.74. The number of pyridine rings is 1. The van der Waals surface area contributed by atoms with E-state index in [9.17, 15) is 18.4 Å². The lowest BCUT2D eigenvalue weighted by molar-refractivity contribution is 0.103. The Hall–Kier alpha value is -4.13. The Morgan fingerprint density at radius 2 is 1.60 bits per heavy atom. The van der Waals surface area contributed by atoms with Gasteiger partial charge in [0.15, 0.2) is 5.78 Å². The van der Waals surface area contributed by atoms with Crippen molar-refractivity contribution in [3.8, 4) is 0 Å². The first kappa shape index (κ1) is 19.2. The minimum Gasteiger partial charge on any atom is -0.308 e. The molecule has 0 spiro atoms. The van der Waals surface area contributed by atoms with Gasteiger partial charge in [0.25, 0.3) is 0 Å². The highest BCUT2D eigenvalue weighted by molar-refractivity contribution is 6.11. The fraction of sp³-hybridized carbons (Fsp3) is 0. The number of ketones is 1. The van der Waals surface area contributed by atoms with E-state index in [2.05, 4.69) is 15.6 Å². The van der Waals surface area contributed by atoms with Crippen LogP contribution in [0, 0.1) is 11.6 Å². The standard InChI is InChI=1S/C23H15F2N3O2/c24-16-4-1-5-17(12-16)27-23(30)28-18-7-8-20(25)19(13-18)22(29)15-6-9-21-14(11-15)3-2-10-26-21/h1-13H,(H2,27,28,30). The van der Waals surface area contributed by atoms with E-state index >= 15 is 0 Å². The Morgan fingerprint density at radius 1 is 0.800 bits per heavy atom. The lowest BCUT2D eigenvalue weighted by atomic mass is 10.0. The highest BCUT2D eigenvalue weighted by atomic mass is 19.1. The number of carbonyl (C=O) groups is 2. The van der Waals surface area contributed by atoms with Crippen molar-refractivity contribution in [2.45, 2.75) is 0 Å². The van der Waals surface area contributed by atoms with Crippen LogP contribution in [-0.4, -0.2) is 16.8 Å². The summed E-state index contributed by atoms with van der Waals surface area (Å²) < 4.78 is 27.6. The number of nitrogens with one attached hydrogen (secondary N) is 2. The van der Waals surface area contributed by atoms with Crippen molar-refractivity contribution in [3.63, 3.8) is 0 Å². The van der Waals surface area contributed by atoms with E-state index in [4.69, 9.17) is 0 Å². The monoisotopic (exact) mass is 403 g/mol. The number of hydrogen-bond donors (Lipinski definition) is 2. The highest BCUT2D eigenvalue weighted by Crippen LogP contribution is 2.21. The van der Waals surface area contributed by atoms with E-state index in [1.165, 1.54) is 30.3 Å². The summed E-state index contributed by atoms with van der Waals surface area (Å²) >= 11 is 0. The van der Waals surface area contributed by atoms with E-state index in [1.807, 2.05) is 6.07 Å². The fourth-order valence-electron chi connectivity index (χ4n) is 3.01. The molecular formula is C23H15F2N3O2. The third-order valence-electron chi connectivity index (χ3n) is 4.42. The molecule has 4 aromatic rings. The van der Waals surface area contributed by atoms with Gasteiger partial charge in [-0.2, -0.15) is 0 Å². The van der Waals surface area contributed by atoms with E-state index < -0.39 is 23.4 Å². The van der Waals surface area contributed by atoms with E-state index in [0.29, 0.717) is 5.56 Å². The van der Waals surface area contributed by atoms with Crippen LogP contribution in [0.25, 0.3) is 10.9 Å². The average Bonchev–Trinajstić information content (AvgIpc) is 2.74. The summed E-state index contributed by atoms with van der Waals surface area (Å²) in [6, 6.07) is 16.9. The lowest BCUT2D eigenvalue weighted by Gasteiger charge is -2.10. The third kappa shape index (κ3) is 4.15. The minimum atomic E-state index is -0.706. The Bertz CT molecular complexity index is 1270. The number of fused-ring (bicyclic) bond motifs is 1. The number of urea groups is 1. The van der Waals surface area contributed by atoms with Gasteiger partial charge in [0, 0.05) is 28.5 Å². The maximum atomic E-state index is 14.3. The van der Waals surface area contributed by atoms with Gasteiger partial charge in [-0.25, -0.2) is 13.6 Å². The van der Waals surface area contributed by atoms with Gasteiger partial charge in [0.2, 0.25) is 0 Å². The highest BCUT2D eigenvalue weighted by Gasteiger charge is 2.16. The van der Waals surface area contributed by atoms with Crippen LogP contribution in [0.5, 0.6) is 0 Å². The molecule has 0 atom stereocenters. The Labute approximate surface area is 170 Å². The molecular weight excluding hydrogens is 388 g/mol. The van der Waals surface area contributed by atoms with Gasteiger partial charge in [-0.1, -0.05) is 12.1 Å². The summed E-state index contributed by atoms with van der Waals surface area (Å²) in [6.07, 6.45) is 1.65. The molecule has 2 amide bonds. The molecule has 0 saturated carbocycles. The normalized spacial score (nSPS) is 10.6. The minimum absolute atomic E-state index is 0.179. The van der Waals surface area contributed by atoms with Gasteiger partial charge < -0.3 is 10.6 Å². The molecule has 148 valence electrons. The second-order valence-corrected chi connectivity index (χ2v) is 6.52. The van der Waals surface area contributed by atoms with Crippen molar-refractivity contribution in [1.29, 1.82) is 0 Å². The second kappa shape index (κ2) is 8.08. The third-order valence-corrected chi connectivity index (χ3v) is 4.42. The molecule has 0 radical (unpaired) electrons. The lowest BCUT2D eigenvalue weighted by Crippen LogP contribution is -2.20. The number of hydrogen-bond acceptors (Lipinski definition) is 3. The predicted octanol–water partition coefficient (Wildman–Crippen LogP) is 5.39. The quantitative estimate of drug-likeness (QED) is 0.449. The van der Waals surface area contributed by atoms with Crippen LogP contribution in [0.15, 0.2) is 79.0 Å². The van der Waals surface area contributed by atoms with Crippen molar-refractivity contribution in [1.82, 2.24) is 4.98 Å². The summed E-state index contributed by atoms with van der Waals surface area (Å²) in [4.78, 5) is 29.2. The molecule has 0 bridgehead atoms. The van der Waals surface area contributed by atoms with Gasteiger partial charge in [-0.3, -0.25) is 9.78 Å². The molecule has 3 aromatic carbocycles. The number of amides is 2. The van der Waals surface area contributed by atoms with Crippen LogP contribution in [0.3, 0.4) is 0 Å². The second-order valence-electron chi connectivity index (χ2n) is 6.52. The molecule has 1 heterocycles. The zero-order chi connectivity index (χ0) is 21.1. The average molecular weight is 403 g/mol. The Kier molecular flexibility index (Phi) is 5.17. The largest absolute Gasteiger partial charge is 0.323 e. The van der Waals surface area contributed by atoms with Crippen molar-refractivity contribution < 1.29 is 18.4 Å². The van der Waals surface area contributed by atoms with Crippen molar-refractivity contribution in [3.05, 3.63) is 102 Å². The topological polar surface area (TPSA) is 71.1 Å². The number of anilines is 2. The molecule has 0 aliphatic heterocycles. The van der Waals surface area contributed by atoms with Crippen LogP contribution >= 0.6 is 0 Å². The van der Waals surface area contributed by atoms with Gasteiger partial charge in [0.1, 0.15) is 11.6 Å². The summed E-state index contributed by atoms with van der Waals surface area (Å²) in [5.41, 5.74) is 1.32. The number of benzene rings is 3. The first-order chi connectivity index (χ1) is 14.5. The molecule has 7 heteroatoms. The maximum Gasteiger partial charge on any atom is 0.323 e. The summed E-state index contributed by atoms with van der Waals surface area (Å²) in [6.45, 7) is 0. The maximum absolute atomic E-state index is 14.3. The fourth-order valence-corrected chi connectivity index (χ4v) is 3.01. The van der Waals surface area contributed by atoms with Gasteiger partial charge in [-0.05, 0) is 60.7 Å². The van der Waals surface area contributed by atoms with Crippen molar-refractivity contribution in [2.24, 2.45) is 0 Å². The number of rotatable bonds is 4. The molecule has 2 N–H and O–H groups in total. The molecule has 0 fully saturated rings. The smallest absolute Gasteiger partial charge is 0.308 e. The molecule has 0 unspecified atom stereocenters. The molecule has 30 heavy (non-hydrogen) atoms. The van der Waals surface area contributed by atoms with Crippen molar-refractivity contribution in [2.75, 3.05) is 10.6 Å². The molecule has 4 rings (SSSR count). The number of aromatic nitrogens is 1. The molecule has 0 aliphatic carbocycles. The Balaban J connectivity index is 1.56. The van der Waals surface area contributed by atoms with Gasteiger partial charge in [-0.15, -0.1) is 0 Å². The zero-order valence-electron chi connectivity index (χ0n) is 15.5. The van der Waals surface area contributed by atoms with Crippen LogP contribution in [-0.2, 0) is 0 Å². The van der Waals surface area contributed by atoms with Crippen molar-refractivity contribution >= 4 is 34.1 Å². The molecule has 5 nitrogen and oxygen atoms in total. The number of nitrogens with zero attached hydrogens (tertiary/aromatic N) is 1. The van der Waals surface area contributed by atoms with Gasteiger partial charge in [0.05, 0.1) is 11.1 Å². The molecule has 0 aliphatic rings. The van der Waals surface area contributed by atoms with Crippen LogP contribution in [0.4, 0.5) is 25.0 Å². The van der Waals surface area contributed by atoms with Crippen LogP contribution < -0.4 is 10.6 Å². The van der Waals surface area contributed by atoms with Crippen LogP contribution in [0.1, 0.15) is 15.9 Å². The van der Waals surface area contributed by atoms with E-state index in [-0.39, 0.29) is 16.9 Å². The number of halogens is 2. The number of carbonyl (C=O) groups excluding carboxylic acids is 2. The summed E-state index contributed by atoms with van der Waals surface area (Å²) in [5.74, 6) is -1.72. The SMILES string of the molecule is O=C(Nc1cccc(F)c1)Nc1ccc(F)c(C(=O)c2ccc3ncccc3c2)c1. The summed E-state index contributed by atoms with van der Waals surface area (Å²) in [7, 11) is 0. The first-order valence-corrected chi connectivity index (χ1v) is 9.02. The predicted molar refractivity (Wildman–Crippen MR) is 111 cm³/mol. The zero-order valence-corrected chi connectivity index (χ0v) is 15.5. The Morgan fingerprint density at radius 3 is 2.40 bits per heavy atom. The van der Waals surface area contributed by atoms with Gasteiger partial charge >= 0.3 is 6.03 Å². The van der Waals surface area contributed by atoms with E-state index in [1.54, 1.807) is 30.5 Å². The van der Waals surface area contributed by atoms with Crippen LogP contribution in [0.2, 0.25) is 0 Å². The first-order valence-electron chi connectivity index (χ1n) is 9.02. The van der Waals surface area contributed by atoms with E-state index in [0.717, 1.165) is 23.0 Å². The molecule has 0 saturated heterocycles.